The van der Waals surface area contributed by atoms with Crippen molar-refractivity contribution in [3.05, 3.63) is 107 Å². The molecular formula is C27H25NO4. The lowest BCUT2D eigenvalue weighted by Crippen LogP contribution is -2.15. The van der Waals surface area contributed by atoms with Crippen molar-refractivity contribution in [2.45, 2.75) is 19.8 Å². The van der Waals surface area contributed by atoms with Gasteiger partial charge in [-0.25, -0.2) is 4.79 Å². The molecule has 0 radical (unpaired) electrons. The number of benzene rings is 3. The van der Waals surface area contributed by atoms with Crippen LogP contribution in [0.3, 0.4) is 0 Å². The third-order valence-electron chi connectivity index (χ3n) is 5.37. The maximum atomic E-state index is 12.8. The van der Waals surface area contributed by atoms with Gasteiger partial charge in [0.1, 0.15) is 11.5 Å². The van der Waals surface area contributed by atoms with Crippen molar-refractivity contribution in [1.29, 1.82) is 0 Å². The van der Waals surface area contributed by atoms with Crippen molar-refractivity contribution in [2.24, 2.45) is 5.16 Å². The van der Waals surface area contributed by atoms with Crippen molar-refractivity contribution in [3.63, 3.8) is 0 Å². The highest BCUT2D eigenvalue weighted by atomic mass is 16.5. The second-order valence-electron chi connectivity index (χ2n) is 7.43. The van der Waals surface area contributed by atoms with Crippen LogP contribution in [-0.4, -0.2) is 30.1 Å². The number of hydrogen-bond acceptors (Lipinski definition) is 5. The summed E-state index contributed by atoms with van der Waals surface area (Å²) >= 11 is 0. The molecule has 1 aliphatic rings. The number of ether oxygens (including phenoxy) is 2. The van der Waals surface area contributed by atoms with Gasteiger partial charge in [-0.05, 0) is 54.7 Å². The van der Waals surface area contributed by atoms with E-state index in [1.807, 2.05) is 66.7 Å². The third-order valence-corrected chi connectivity index (χ3v) is 5.37. The highest BCUT2D eigenvalue weighted by Gasteiger charge is 2.34. The predicted octanol–water partition coefficient (Wildman–Crippen LogP) is 5.26. The lowest BCUT2D eigenvalue weighted by atomic mass is 9.97. The Morgan fingerprint density at radius 2 is 1.66 bits per heavy atom. The molecule has 3 aromatic carbocycles. The summed E-state index contributed by atoms with van der Waals surface area (Å²) in [6.45, 7) is 2.54. The maximum absolute atomic E-state index is 12.8. The van der Waals surface area contributed by atoms with E-state index in [0.29, 0.717) is 23.5 Å². The van der Waals surface area contributed by atoms with E-state index in [-0.39, 0.29) is 17.9 Å². The summed E-state index contributed by atoms with van der Waals surface area (Å²) in [4.78, 5) is 12.8. The number of esters is 1. The number of oxime groups is 1. The van der Waals surface area contributed by atoms with Crippen LogP contribution in [0, 0.1) is 0 Å². The lowest BCUT2D eigenvalue weighted by Gasteiger charge is -2.10. The fraction of sp³-hybridized carbons (Fsp3) is 0.185. The van der Waals surface area contributed by atoms with Crippen LogP contribution in [0.1, 0.15) is 35.6 Å². The zero-order chi connectivity index (χ0) is 22.3. The van der Waals surface area contributed by atoms with Crippen LogP contribution in [0.2, 0.25) is 0 Å². The molecule has 0 saturated carbocycles. The molecule has 0 amide bonds. The normalized spacial score (nSPS) is 13.8. The molecule has 1 aliphatic carbocycles. The number of carbonyl (C=O) groups is 1. The summed E-state index contributed by atoms with van der Waals surface area (Å²) in [7, 11) is 0. The van der Waals surface area contributed by atoms with Crippen molar-refractivity contribution < 1.29 is 19.5 Å². The zero-order valence-corrected chi connectivity index (χ0v) is 18.0. The Bertz CT molecular complexity index is 1150. The van der Waals surface area contributed by atoms with E-state index in [9.17, 15) is 10.0 Å². The first-order valence-electron chi connectivity index (χ1n) is 10.7. The molecule has 0 aliphatic heterocycles. The molecule has 5 nitrogen and oxygen atoms in total. The Morgan fingerprint density at radius 1 is 0.938 bits per heavy atom. The first-order valence-corrected chi connectivity index (χ1v) is 10.7. The van der Waals surface area contributed by atoms with E-state index in [4.69, 9.17) is 9.47 Å². The second-order valence-corrected chi connectivity index (χ2v) is 7.43. The van der Waals surface area contributed by atoms with Crippen molar-refractivity contribution in [1.82, 2.24) is 0 Å². The fourth-order valence-electron chi connectivity index (χ4n) is 3.94. The summed E-state index contributed by atoms with van der Waals surface area (Å²) in [5, 5.41) is 13.3. The van der Waals surface area contributed by atoms with E-state index < -0.39 is 5.97 Å². The van der Waals surface area contributed by atoms with Crippen LogP contribution < -0.4 is 4.74 Å². The Labute approximate surface area is 187 Å². The van der Waals surface area contributed by atoms with Gasteiger partial charge < -0.3 is 14.7 Å². The zero-order valence-electron chi connectivity index (χ0n) is 18.0. The minimum Gasteiger partial charge on any atom is -0.494 e. The average Bonchev–Trinajstić information content (AvgIpc) is 3.17. The smallest absolute Gasteiger partial charge is 0.341 e. The molecule has 1 N–H and O–H groups in total. The van der Waals surface area contributed by atoms with Gasteiger partial charge in [0.2, 0.25) is 0 Å². The number of carbonyl (C=O) groups excluding carboxylic acids is 1. The van der Waals surface area contributed by atoms with Crippen LogP contribution in [-0.2, 0) is 16.0 Å². The van der Waals surface area contributed by atoms with Gasteiger partial charge in [-0.3, -0.25) is 0 Å². The Morgan fingerprint density at radius 3 is 2.34 bits per heavy atom. The van der Waals surface area contributed by atoms with Gasteiger partial charge in [0.05, 0.1) is 18.8 Å². The summed E-state index contributed by atoms with van der Waals surface area (Å²) < 4.78 is 11.2. The van der Waals surface area contributed by atoms with Gasteiger partial charge in [-0.2, -0.15) is 0 Å². The molecule has 4 rings (SSSR count). The Kier molecular flexibility index (Phi) is 6.66. The molecule has 162 valence electrons. The molecular weight excluding hydrogens is 402 g/mol. The molecule has 0 atom stereocenters. The van der Waals surface area contributed by atoms with Crippen molar-refractivity contribution in [3.8, 4) is 5.75 Å². The lowest BCUT2D eigenvalue weighted by molar-refractivity contribution is -0.137. The topological polar surface area (TPSA) is 68.1 Å². The number of fused-ring (bicyclic) bond motifs is 1. The molecule has 0 saturated heterocycles. The molecule has 0 bridgehead atoms. The molecule has 5 heteroatoms. The quantitative estimate of drug-likeness (QED) is 0.231. The Balaban J connectivity index is 1.59. The molecule has 32 heavy (non-hydrogen) atoms. The van der Waals surface area contributed by atoms with Gasteiger partial charge >= 0.3 is 5.97 Å². The molecule has 0 aromatic heterocycles. The van der Waals surface area contributed by atoms with Gasteiger partial charge in [-0.1, -0.05) is 65.8 Å². The monoisotopic (exact) mass is 427 g/mol. The third kappa shape index (κ3) is 4.42. The molecule has 0 heterocycles. The molecule has 3 aromatic rings. The molecule has 0 spiro atoms. The fourth-order valence-corrected chi connectivity index (χ4v) is 3.94. The Hall–Kier alpha value is -3.86. The van der Waals surface area contributed by atoms with Gasteiger partial charge in [-0.15, -0.1) is 0 Å². The molecule has 0 fully saturated rings. The van der Waals surface area contributed by atoms with Crippen molar-refractivity contribution >= 4 is 17.3 Å². The van der Waals surface area contributed by atoms with E-state index in [0.717, 1.165) is 24.0 Å². The van der Waals surface area contributed by atoms with E-state index in [2.05, 4.69) is 17.3 Å². The number of hydrogen-bond donors (Lipinski definition) is 1. The van der Waals surface area contributed by atoms with E-state index in [1.165, 1.54) is 5.56 Å². The minimum atomic E-state index is -0.513. The van der Waals surface area contributed by atoms with E-state index in [1.54, 1.807) is 6.92 Å². The van der Waals surface area contributed by atoms with Gasteiger partial charge in [0, 0.05) is 11.1 Å². The van der Waals surface area contributed by atoms with E-state index >= 15 is 0 Å². The summed E-state index contributed by atoms with van der Waals surface area (Å²) in [5.74, 6) is 0.149. The van der Waals surface area contributed by atoms with Gasteiger partial charge in [0.15, 0.2) is 0 Å². The standard InChI is InChI=1S/C27H25NO4/c1-2-31-27(29)25-24(20-13-7-4-8-14-20)22-16-15-21(18-23(22)26(25)28-30)32-17-9-12-19-10-5-3-6-11-19/h3-8,10-11,13-16,18,30H,2,9,12,17H2,1H3. The average molecular weight is 428 g/mol. The highest BCUT2D eigenvalue weighted by Crippen LogP contribution is 2.40. The SMILES string of the molecule is CCOC(=O)C1=C(c2ccccc2)c2ccc(OCCCc3ccccc3)cc2C1=NO. The number of nitrogens with zero attached hydrogens (tertiary/aromatic N) is 1. The number of aryl methyl sites for hydroxylation is 1. The first kappa shape index (κ1) is 21.4. The minimum absolute atomic E-state index is 0.201. The first-order chi connectivity index (χ1) is 15.7. The second kappa shape index (κ2) is 9.96. The summed E-state index contributed by atoms with van der Waals surface area (Å²) in [6, 6.07) is 25.5. The van der Waals surface area contributed by atoms with Crippen LogP contribution in [0.5, 0.6) is 5.75 Å². The number of rotatable bonds is 8. The van der Waals surface area contributed by atoms with Crippen LogP contribution in [0.25, 0.3) is 5.57 Å². The molecule has 0 unspecified atom stereocenters. The van der Waals surface area contributed by atoms with Crippen LogP contribution in [0.4, 0.5) is 0 Å². The van der Waals surface area contributed by atoms with Crippen LogP contribution >= 0.6 is 0 Å². The maximum Gasteiger partial charge on any atom is 0.341 e. The van der Waals surface area contributed by atoms with Crippen molar-refractivity contribution in [2.75, 3.05) is 13.2 Å². The predicted molar refractivity (Wildman–Crippen MR) is 124 cm³/mol. The summed E-state index contributed by atoms with van der Waals surface area (Å²) in [6.07, 6.45) is 1.81. The van der Waals surface area contributed by atoms with Gasteiger partial charge in [0.25, 0.3) is 0 Å². The highest BCUT2D eigenvalue weighted by molar-refractivity contribution is 6.37. The van der Waals surface area contributed by atoms with Crippen LogP contribution in [0.15, 0.2) is 89.6 Å². The summed E-state index contributed by atoms with van der Waals surface area (Å²) in [5.41, 5.74) is 4.74. The largest absolute Gasteiger partial charge is 0.494 e.